The Morgan fingerprint density at radius 1 is 1.11 bits per heavy atom. The summed E-state index contributed by atoms with van der Waals surface area (Å²) in [6.45, 7) is 11.2. The minimum atomic E-state index is -4.63. The topological polar surface area (TPSA) is 148 Å². The van der Waals surface area contributed by atoms with Gasteiger partial charge in [-0.1, -0.05) is 13.8 Å². The number of nitrogens with one attached hydrogen (secondary N) is 2. The average Bonchev–Trinajstić information content (AvgIpc) is 3.63. The first-order chi connectivity index (χ1) is 21.1. The van der Waals surface area contributed by atoms with Crippen LogP contribution in [-0.2, 0) is 10.9 Å². The summed E-state index contributed by atoms with van der Waals surface area (Å²) in [6.07, 6.45) is -2.28. The van der Waals surface area contributed by atoms with E-state index in [-0.39, 0.29) is 34.2 Å². The Bertz CT molecular complexity index is 1670. The number of amides is 3. The zero-order chi connectivity index (χ0) is 33.1. The van der Waals surface area contributed by atoms with E-state index in [2.05, 4.69) is 35.8 Å². The number of ether oxygens (including phenoxy) is 1. The molecule has 4 heterocycles. The third-order valence-corrected chi connectivity index (χ3v) is 7.10. The first kappa shape index (κ1) is 33.3. The number of hydrogen-bond acceptors (Lipinski definition) is 10. The maximum atomic E-state index is 13.4. The molecule has 4 rings (SSSR count). The molecule has 3 amide bonds. The number of aromatic nitrogens is 5. The lowest BCUT2D eigenvalue weighted by atomic mass is 10.0. The number of carbonyl (C=O) groups excluding carboxylic acids is 2. The van der Waals surface area contributed by atoms with Crippen LogP contribution in [-0.4, -0.2) is 61.4 Å². The van der Waals surface area contributed by atoms with Gasteiger partial charge in [-0.25, -0.2) is 19.6 Å². The molecule has 16 heteroatoms. The van der Waals surface area contributed by atoms with Crippen molar-refractivity contribution in [2.45, 2.75) is 59.4 Å². The fourth-order valence-electron chi connectivity index (χ4n) is 4.30. The number of rotatable bonds is 8. The van der Waals surface area contributed by atoms with Crippen molar-refractivity contribution in [3.63, 3.8) is 0 Å². The molecule has 45 heavy (non-hydrogen) atoms. The van der Waals surface area contributed by atoms with Gasteiger partial charge in [-0.05, 0) is 57.4 Å². The molecular formula is C29H33F3N8O4S. The molecule has 0 saturated heterocycles. The number of alkyl halides is 3. The summed E-state index contributed by atoms with van der Waals surface area (Å²) in [6, 6.07) is 3.60. The summed E-state index contributed by atoms with van der Waals surface area (Å²) in [5.74, 6) is 0.238. The normalized spacial score (nSPS) is 12.6. The fraction of sp³-hybridized carbons (Fsp3) is 0.414. The van der Waals surface area contributed by atoms with Gasteiger partial charge in [0.1, 0.15) is 28.2 Å². The summed E-state index contributed by atoms with van der Waals surface area (Å²) in [5.41, 5.74) is -0.213. The average molecular weight is 647 g/mol. The molecule has 4 aromatic heterocycles. The van der Waals surface area contributed by atoms with Gasteiger partial charge in [-0.3, -0.25) is 15.2 Å². The van der Waals surface area contributed by atoms with Crippen molar-refractivity contribution in [1.82, 2.24) is 35.4 Å². The fourth-order valence-corrected chi connectivity index (χ4v) is 5.15. The van der Waals surface area contributed by atoms with E-state index in [1.54, 1.807) is 46.9 Å². The molecule has 0 aliphatic carbocycles. The summed E-state index contributed by atoms with van der Waals surface area (Å²) < 4.78 is 51.7. The van der Waals surface area contributed by atoms with Crippen LogP contribution >= 0.6 is 11.3 Å². The SMILES string of the molecule is CCNC(=O)Nc1cc(-c2nc(C(F)(F)F)cs2)c(-c2ccnc(-c3nnc(C(C(C)C)N(C)C(=O)OC(C)(C)C)o3)c2)cn1. The number of hydrogen-bond donors (Lipinski definition) is 2. The van der Waals surface area contributed by atoms with Gasteiger partial charge in [-0.2, -0.15) is 13.2 Å². The first-order valence-corrected chi connectivity index (χ1v) is 14.8. The van der Waals surface area contributed by atoms with Gasteiger partial charge in [0.05, 0.1) is 0 Å². The Hall–Kier alpha value is -4.60. The van der Waals surface area contributed by atoms with Gasteiger partial charge in [-0.15, -0.1) is 21.5 Å². The second kappa shape index (κ2) is 13.2. The minimum absolute atomic E-state index is 0.0627. The highest BCUT2D eigenvalue weighted by Crippen LogP contribution is 2.39. The van der Waals surface area contributed by atoms with Crippen LogP contribution in [0.15, 0.2) is 40.4 Å². The maximum absolute atomic E-state index is 13.4. The maximum Gasteiger partial charge on any atom is 0.434 e. The van der Waals surface area contributed by atoms with E-state index < -0.39 is 35.6 Å². The standard InChI is InChI=1S/C29H33F3N8O4S/c1-8-33-26(41)37-21-12-17(25-36-20(14-45-25)29(30,31)32)18(13-35-21)16-9-10-34-19(11-16)23-38-39-24(43-23)22(15(2)3)40(7)27(42)44-28(4,5)6/h9-15,22H,8H2,1-7H3,(H2,33,35,37,41). The van der Waals surface area contributed by atoms with Crippen molar-refractivity contribution in [3.8, 4) is 33.3 Å². The molecule has 0 aromatic carbocycles. The van der Waals surface area contributed by atoms with Crippen LogP contribution in [0.4, 0.5) is 28.6 Å². The quantitative estimate of drug-likeness (QED) is 0.206. The smallest absolute Gasteiger partial charge is 0.434 e. The van der Waals surface area contributed by atoms with Crippen LogP contribution in [0, 0.1) is 5.92 Å². The van der Waals surface area contributed by atoms with E-state index in [9.17, 15) is 22.8 Å². The molecule has 12 nitrogen and oxygen atoms in total. The van der Waals surface area contributed by atoms with Crippen LogP contribution in [0.5, 0.6) is 0 Å². The predicted octanol–water partition coefficient (Wildman–Crippen LogP) is 7.04. The highest BCUT2D eigenvalue weighted by atomic mass is 32.1. The van der Waals surface area contributed by atoms with Crippen molar-refractivity contribution in [1.29, 1.82) is 0 Å². The van der Waals surface area contributed by atoms with Crippen molar-refractivity contribution in [2.24, 2.45) is 5.92 Å². The highest BCUT2D eigenvalue weighted by Gasteiger charge is 2.35. The molecule has 2 N–H and O–H groups in total. The van der Waals surface area contributed by atoms with Gasteiger partial charge >= 0.3 is 18.3 Å². The van der Waals surface area contributed by atoms with Crippen LogP contribution in [0.3, 0.4) is 0 Å². The van der Waals surface area contributed by atoms with Crippen molar-refractivity contribution in [3.05, 3.63) is 47.6 Å². The third kappa shape index (κ3) is 8.12. The van der Waals surface area contributed by atoms with E-state index in [1.165, 1.54) is 23.4 Å². The first-order valence-electron chi connectivity index (χ1n) is 13.9. The summed E-state index contributed by atoms with van der Waals surface area (Å²) in [4.78, 5) is 38.7. The number of halogens is 3. The van der Waals surface area contributed by atoms with Crippen molar-refractivity contribution < 1.29 is 31.9 Å². The number of anilines is 1. The molecule has 1 atom stereocenters. The molecule has 0 saturated carbocycles. The Kier molecular flexibility index (Phi) is 9.75. The zero-order valence-electron chi connectivity index (χ0n) is 25.7. The molecular weight excluding hydrogens is 613 g/mol. The van der Waals surface area contributed by atoms with E-state index in [0.29, 0.717) is 23.2 Å². The Balaban J connectivity index is 1.72. The van der Waals surface area contributed by atoms with Gasteiger partial charge in [0, 0.05) is 42.5 Å². The number of carbonyl (C=O) groups is 2. The van der Waals surface area contributed by atoms with Gasteiger partial charge in [0.2, 0.25) is 5.89 Å². The Morgan fingerprint density at radius 3 is 2.47 bits per heavy atom. The van der Waals surface area contributed by atoms with Crippen LogP contribution in [0.25, 0.3) is 33.3 Å². The minimum Gasteiger partial charge on any atom is -0.444 e. The molecule has 0 aliphatic rings. The molecule has 0 spiro atoms. The van der Waals surface area contributed by atoms with Crippen LogP contribution in [0.2, 0.25) is 0 Å². The van der Waals surface area contributed by atoms with E-state index in [4.69, 9.17) is 9.15 Å². The van der Waals surface area contributed by atoms with Crippen LogP contribution in [0.1, 0.15) is 59.2 Å². The Morgan fingerprint density at radius 2 is 1.84 bits per heavy atom. The summed E-state index contributed by atoms with van der Waals surface area (Å²) in [7, 11) is 1.59. The lowest BCUT2D eigenvalue weighted by Gasteiger charge is -2.30. The number of urea groups is 1. The number of thiazole rings is 1. The summed E-state index contributed by atoms with van der Waals surface area (Å²) in [5, 5.41) is 14.5. The molecule has 0 bridgehead atoms. The van der Waals surface area contributed by atoms with Gasteiger partial charge in [0.25, 0.3) is 5.89 Å². The van der Waals surface area contributed by atoms with E-state index >= 15 is 0 Å². The lowest BCUT2D eigenvalue weighted by Crippen LogP contribution is -2.38. The van der Waals surface area contributed by atoms with Crippen molar-refractivity contribution in [2.75, 3.05) is 18.9 Å². The molecule has 240 valence electrons. The monoisotopic (exact) mass is 646 g/mol. The van der Waals surface area contributed by atoms with Crippen LogP contribution < -0.4 is 10.6 Å². The predicted molar refractivity (Wildman–Crippen MR) is 161 cm³/mol. The number of pyridine rings is 2. The molecule has 1 unspecified atom stereocenters. The molecule has 0 aliphatic heterocycles. The number of nitrogens with zero attached hydrogens (tertiary/aromatic N) is 6. The van der Waals surface area contributed by atoms with E-state index in [1.807, 2.05) is 13.8 Å². The van der Waals surface area contributed by atoms with E-state index in [0.717, 1.165) is 16.7 Å². The highest BCUT2D eigenvalue weighted by molar-refractivity contribution is 7.13. The molecule has 4 aromatic rings. The second-order valence-corrected chi connectivity index (χ2v) is 12.1. The second-order valence-electron chi connectivity index (χ2n) is 11.3. The summed E-state index contributed by atoms with van der Waals surface area (Å²) >= 11 is 0.808. The Labute approximate surface area is 261 Å². The largest absolute Gasteiger partial charge is 0.444 e. The molecule has 0 fully saturated rings. The van der Waals surface area contributed by atoms with Crippen molar-refractivity contribution >= 4 is 29.3 Å². The third-order valence-electron chi connectivity index (χ3n) is 6.22. The zero-order valence-corrected chi connectivity index (χ0v) is 26.5. The molecule has 0 radical (unpaired) electrons. The lowest BCUT2D eigenvalue weighted by molar-refractivity contribution is -0.140. The van der Waals surface area contributed by atoms with Gasteiger partial charge < -0.3 is 14.5 Å². The van der Waals surface area contributed by atoms with Gasteiger partial charge in [0.15, 0.2) is 5.69 Å².